The first kappa shape index (κ1) is 17.9. The zero-order chi connectivity index (χ0) is 18.4. The first-order chi connectivity index (χ1) is 11.8. The Labute approximate surface area is 148 Å². The molecule has 5 atom stereocenters. The van der Waals surface area contributed by atoms with Gasteiger partial charge in [-0.2, -0.15) is 0 Å². The van der Waals surface area contributed by atoms with Crippen molar-refractivity contribution >= 4 is 11.9 Å². The predicted molar refractivity (Wildman–Crippen MR) is 92.4 cm³/mol. The van der Waals surface area contributed by atoms with Crippen LogP contribution in [0.25, 0.3) is 0 Å². The summed E-state index contributed by atoms with van der Waals surface area (Å²) in [5.41, 5.74) is 1.26. The van der Waals surface area contributed by atoms with Crippen molar-refractivity contribution in [1.82, 2.24) is 0 Å². The lowest BCUT2D eigenvalue weighted by molar-refractivity contribution is -0.144. The quantitative estimate of drug-likeness (QED) is 0.435. The Morgan fingerprint density at radius 1 is 1.44 bits per heavy atom. The van der Waals surface area contributed by atoms with Crippen molar-refractivity contribution in [2.24, 2.45) is 11.8 Å². The van der Waals surface area contributed by atoms with Gasteiger partial charge in [0, 0.05) is 5.57 Å². The molecule has 136 valence electrons. The van der Waals surface area contributed by atoms with E-state index in [1.54, 1.807) is 19.9 Å². The summed E-state index contributed by atoms with van der Waals surface area (Å²) < 4.78 is 17.3. The van der Waals surface area contributed by atoms with Gasteiger partial charge in [0.2, 0.25) is 0 Å². The van der Waals surface area contributed by atoms with E-state index in [1.807, 2.05) is 19.9 Å². The van der Waals surface area contributed by atoms with Crippen LogP contribution in [0.5, 0.6) is 0 Å². The molecule has 0 aromatic heterocycles. The average Bonchev–Trinajstić information content (AvgIpc) is 3.13. The largest absolute Gasteiger partial charge is 0.458 e. The lowest BCUT2D eigenvalue weighted by Crippen LogP contribution is -2.32. The number of epoxide rings is 1. The molecule has 0 amide bonds. The third-order valence-electron chi connectivity index (χ3n) is 5.53. The van der Waals surface area contributed by atoms with E-state index in [0.29, 0.717) is 11.3 Å². The number of hydrogen-bond acceptors (Lipinski definition) is 5. The summed E-state index contributed by atoms with van der Waals surface area (Å²) >= 11 is 0. The van der Waals surface area contributed by atoms with Crippen LogP contribution in [-0.4, -0.2) is 29.7 Å². The van der Waals surface area contributed by atoms with Gasteiger partial charge in [-0.15, -0.1) is 0 Å². The second-order valence-corrected chi connectivity index (χ2v) is 7.46. The minimum atomic E-state index is -0.414. The van der Waals surface area contributed by atoms with Crippen molar-refractivity contribution in [3.8, 4) is 0 Å². The summed E-state index contributed by atoms with van der Waals surface area (Å²) in [6, 6.07) is 0. The standard InChI is InChI=1S/C20H26O5/c1-6-12(3)18(21)23-14-10-11(2)8-7-9-20(5)17(25-20)16-15(14)13(4)19(22)24-16/h6,8,10,13,15-17H,7,9H2,1-5H3/b11-8+,12-6+,14-10+/t13-,15+,16-,17-,20+/m0/s1. The first-order valence-electron chi connectivity index (χ1n) is 8.88. The highest BCUT2D eigenvalue weighted by Gasteiger charge is 2.63. The van der Waals surface area contributed by atoms with Crippen LogP contribution < -0.4 is 0 Å². The van der Waals surface area contributed by atoms with Crippen molar-refractivity contribution in [2.45, 2.75) is 65.3 Å². The van der Waals surface area contributed by atoms with Gasteiger partial charge in [-0.25, -0.2) is 4.79 Å². The van der Waals surface area contributed by atoms with E-state index in [-0.39, 0.29) is 29.5 Å². The predicted octanol–water partition coefficient (Wildman–Crippen LogP) is 3.46. The highest BCUT2D eigenvalue weighted by atomic mass is 16.6. The lowest BCUT2D eigenvalue weighted by atomic mass is 9.83. The Kier molecular flexibility index (Phi) is 4.62. The van der Waals surface area contributed by atoms with E-state index in [2.05, 4.69) is 13.0 Å². The Bertz CT molecular complexity index is 686. The van der Waals surface area contributed by atoms with E-state index in [1.165, 1.54) is 0 Å². The maximum absolute atomic E-state index is 12.3. The van der Waals surface area contributed by atoms with Crippen LogP contribution in [0.2, 0.25) is 0 Å². The molecule has 0 aromatic carbocycles. The van der Waals surface area contributed by atoms with Gasteiger partial charge in [0.05, 0.1) is 17.4 Å². The van der Waals surface area contributed by atoms with Crippen molar-refractivity contribution in [2.75, 3.05) is 0 Å². The molecule has 2 fully saturated rings. The molecule has 5 heteroatoms. The number of hydrogen-bond donors (Lipinski definition) is 0. The number of allylic oxidation sites excluding steroid dienone is 4. The highest BCUT2D eigenvalue weighted by Crippen LogP contribution is 2.50. The number of fused-ring (bicyclic) bond motifs is 3. The molecule has 0 bridgehead atoms. The molecule has 0 spiro atoms. The van der Waals surface area contributed by atoms with Crippen LogP contribution >= 0.6 is 0 Å². The van der Waals surface area contributed by atoms with E-state index in [4.69, 9.17) is 14.2 Å². The molecule has 1 aliphatic carbocycles. The fourth-order valence-electron chi connectivity index (χ4n) is 3.64. The molecule has 0 N–H and O–H groups in total. The number of carbonyl (C=O) groups excluding carboxylic acids is 2. The van der Waals surface area contributed by atoms with Crippen LogP contribution in [0, 0.1) is 11.8 Å². The van der Waals surface area contributed by atoms with Gasteiger partial charge < -0.3 is 14.2 Å². The van der Waals surface area contributed by atoms with E-state index in [9.17, 15) is 9.59 Å². The third-order valence-corrected chi connectivity index (χ3v) is 5.53. The van der Waals surface area contributed by atoms with Gasteiger partial charge in [0.15, 0.2) is 0 Å². The summed E-state index contributed by atoms with van der Waals surface area (Å²) in [5.74, 6) is -0.880. The number of esters is 2. The van der Waals surface area contributed by atoms with Crippen molar-refractivity contribution in [1.29, 1.82) is 0 Å². The van der Waals surface area contributed by atoms with Gasteiger partial charge in [-0.3, -0.25) is 4.79 Å². The fraction of sp³-hybridized carbons (Fsp3) is 0.600. The molecule has 2 heterocycles. The molecule has 3 aliphatic rings. The third kappa shape index (κ3) is 3.30. The van der Waals surface area contributed by atoms with Crippen molar-refractivity contribution in [3.05, 3.63) is 35.1 Å². The van der Waals surface area contributed by atoms with Gasteiger partial charge in [-0.1, -0.05) is 24.6 Å². The van der Waals surface area contributed by atoms with Gasteiger partial charge >= 0.3 is 11.9 Å². The monoisotopic (exact) mass is 346 g/mol. The van der Waals surface area contributed by atoms with Crippen molar-refractivity contribution < 1.29 is 23.8 Å². The zero-order valence-corrected chi connectivity index (χ0v) is 15.5. The Balaban J connectivity index is 2.00. The molecular weight excluding hydrogens is 320 g/mol. The number of ether oxygens (including phenoxy) is 3. The average molecular weight is 346 g/mol. The Hall–Kier alpha value is -1.88. The van der Waals surface area contributed by atoms with E-state index in [0.717, 1.165) is 18.4 Å². The van der Waals surface area contributed by atoms with Crippen LogP contribution in [-0.2, 0) is 23.8 Å². The Morgan fingerprint density at radius 2 is 2.16 bits per heavy atom. The van der Waals surface area contributed by atoms with Crippen molar-refractivity contribution in [3.63, 3.8) is 0 Å². The SMILES string of the molecule is C/C=C(\C)C(=O)O/C1=C/C(C)=C/CC[C@@]2(C)O[C@H]2[C@H]2OC(=O)[C@@H](C)[C@H]12. The normalized spacial score (nSPS) is 42.1. The minimum absolute atomic E-state index is 0.150. The van der Waals surface area contributed by atoms with Gasteiger partial charge in [0.1, 0.15) is 18.0 Å². The summed E-state index contributed by atoms with van der Waals surface area (Å²) in [6.45, 7) is 9.35. The molecule has 3 rings (SSSR count). The van der Waals surface area contributed by atoms with E-state index < -0.39 is 12.1 Å². The minimum Gasteiger partial charge on any atom is -0.458 e. The topological polar surface area (TPSA) is 65.1 Å². The maximum atomic E-state index is 12.3. The molecule has 2 aliphatic heterocycles. The second-order valence-electron chi connectivity index (χ2n) is 7.46. The Morgan fingerprint density at radius 3 is 2.84 bits per heavy atom. The van der Waals surface area contributed by atoms with Crippen LogP contribution in [0.3, 0.4) is 0 Å². The van der Waals surface area contributed by atoms with Crippen LogP contribution in [0.4, 0.5) is 0 Å². The van der Waals surface area contributed by atoms with Gasteiger partial charge in [0.25, 0.3) is 0 Å². The number of carbonyl (C=O) groups is 2. The summed E-state index contributed by atoms with van der Waals surface area (Å²) in [7, 11) is 0. The zero-order valence-electron chi connectivity index (χ0n) is 15.5. The maximum Gasteiger partial charge on any atom is 0.338 e. The molecule has 5 nitrogen and oxygen atoms in total. The highest BCUT2D eigenvalue weighted by molar-refractivity contribution is 5.88. The van der Waals surface area contributed by atoms with Crippen LogP contribution in [0.15, 0.2) is 35.1 Å². The summed E-state index contributed by atoms with van der Waals surface area (Å²) in [5, 5.41) is 0. The first-order valence-corrected chi connectivity index (χ1v) is 8.88. The molecule has 0 aromatic rings. The second kappa shape index (κ2) is 6.45. The molecule has 25 heavy (non-hydrogen) atoms. The summed E-state index contributed by atoms with van der Waals surface area (Å²) in [4.78, 5) is 24.6. The van der Waals surface area contributed by atoms with E-state index >= 15 is 0 Å². The van der Waals surface area contributed by atoms with Gasteiger partial charge in [-0.05, 0) is 46.6 Å². The number of rotatable bonds is 2. The van der Waals surface area contributed by atoms with Crippen LogP contribution in [0.1, 0.15) is 47.5 Å². The molecule has 0 radical (unpaired) electrons. The summed E-state index contributed by atoms with van der Waals surface area (Å²) in [6.07, 6.45) is 6.87. The smallest absolute Gasteiger partial charge is 0.338 e. The molecule has 2 saturated heterocycles. The molecule has 0 saturated carbocycles. The molecule has 0 unspecified atom stereocenters. The molecular formula is C20H26O5. The lowest BCUT2D eigenvalue weighted by Gasteiger charge is -2.23. The fourth-order valence-corrected chi connectivity index (χ4v) is 3.64.